The van der Waals surface area contributed by atoms with E-state index in [1.165, 1.54) is 0 Å². The number of benzene rings is 2. The Kier molecular flexibility index (Phi) is 5.92. The number of likely N-dealkylation sites (N-methyl/N-ethyl adjacent to an activating group) is 1. The fraction of sp³-hybridized carbons (Fsp3) is 0.211. The molecule has 0 heterocycles. The molecule has 0 fully saturated rings. The van der Waals surface area contributed by atoms with Gasteiger partial charge in [-0.25, -0.2) is 0 Å². The Hall–Kier alpha value is -2.39. The van der Waals surface area contributed by atoms with Gasteiger partial charge in [0.25, 0.3) is 0 Å². The van der Waals surface area contributed by atoms with Gasteiger partial charge in [-0.3, -0.25) is 10.1 Å². The summed E-state index contributed by atoms with van der Waals surface area (Å²) in [6, 6.07) is 19.7. The summed E-state index contributed by atoms with van der Waals surface area (Å²) in [5, 5.41) is 3.31. The van der Waals surface area contributed by atoms with Crippen LogP contribution in [-0.2, 0) is 11.3 Å². The number of carbonyl (C=O) groups is 1. The first-order valence-corrected chi connectivity index (χ1v) is 7.38. The molecule has 3 heteroatoms. The van der Waals surface area contributed by atoms with Crippen LogP contribution in [0.5, 0.6) is 0 Å². The minimum Gasteiger partial charge on any atom is -0.347 e. The van der Waals surface area contributed by atoms with Crippen LogP contribution in [0.2, 0.25) is 0 Å². The summed E-state index contributed by atoms with van der Waals surface area (Å²) >= 11 is 0. The Morgan fingerprint density at radius 1 is 1.05 bits per heavy atom. The van der Waals surface area contributed by atoms with Crippen LogP contribution in [0.15, 0.2) is 66.7 Å². The Morgan fingerprint density at radius 2 is 1.64 bits per heavy atom. The highest BCUT2D eigenvalue weighted by atomic mass is 16.2. The molecule has 3 nitrogen and oxygen atoms in total. The van der Waals surface area contributed by atoms with Crippen LogP contribution >= 0.6 is 0 Å². The van der Waals surface area contributed by atoms with Crippen LogP contribution < -0.4 is 5.32 Å². The molecule has 22 heavy (non-hydrogen) atoms. The fourth-order valence-electron chi connectivity index (χ4n) is 2.11. The molecule has 0 saturated heterocycles. The number of rotatable bonds is 6. The van der Waals surface area contributed by atoms with Gasteiger partial charge in [-0.1, -0.05) is 72.8 Å². The molecule has 2 aromatic carbocycles. The summed E-state index contributed by atoms with van der Waals surface area (Å²) < 4.78 is 0. The van der Waals surface area contributed by atoms with Gasteiger partial charge >= 0.3 is 0 Å². The minimum absolute atomic E-state index is 0.0445. The minimum atomic E-state index is -0.338. The molecule has 1 amide bonds. The number of nitrogens with zero attached hydrogens (tertiary/aromatic N) is 1. The molecule has 0 radical (unpaired) electrons. The molecular weight excluding hydrogens is 272 g/mol. The Labute approximate surface area is 132 Å². The highest BCUT2D eigenvalue weighted by molar-refractivity contribution is 5.84. The molecule has 0 bridgehead atoms. The third kappa shape index (κ3) is 4.86. The van der Waals surface area contributed by atoms with Crippen LogP contribution in [0.25, 0.3) is 6.08 Å². The quantitative estimate of drug-likeness (QED) is 0.888. The van der Waals surface area contributed by atoms with Crippen molar-refractivity contribution in [3.8, 4) is 0 Å². The third-order valence-electron chi connectivity index (χ3n) is 3.36. The topological polar surface area (TPSA) is 32.3 Å². The summed E-state index contributed by atoms with van der Waals surface area (Å²) in [5.74, 6) is 0.0445. The zero-order valence-corrected chi connectivity index (χ0v) is 13.1. The van der Waals surface area contributed by atoms with E-state index in [0.717, 1.165) is 11.1 Å². The Bertz CT molecular complexity index is 606. The number of hydrogen-bond donors (Lipinski definition) is 1. The molecule has 0 saturated carbocycles. The molecule has 0 aliphatic heterocycles. The highest BCUT2D eigenvalue weighted by Crippen LogP contribution is 2.05. The molecule has 0 aromatic heterocycles. The lowest BCUT2D eigenvalue weighted by atomic mass is 10.1. The normalized spacial score (nSPS) is 12.3. The van der Waals surface area contributed by atoms with Crippen LogP contribution in [0, 0.1) is 0 Å². The van der Waals surface area contributed by atoms with E-state index in [9.17, 15) is 4.79 Å². The predicted octanol–water partition coefficient (Wildman–Crippen LogP) is 2.95. The van der Waals surface area contributed by atoms with E-state index in [1.807, 2.05) is 72.8 Å². The van der Waals surface area contributed by atoms with Crippen molar-refractivity contribution < 1.29 is 4.79 Å². The van der Waals surface area contributed by atoms with Crippen LogP contribution in [0.1, 0.15) is 11.1 Å². The maximum atomic E-state index is 12.3. The summed E-state index contributed by atoms with van der Waals surface area (Å²) in [4.78, 5) is 13.9. The number of nitrogens with one attached hydrogen (secondary N) is 1. The second-order valence-corrected chi connectivity index (χ2v) is 5.35. The zero-order chi connectivity index (χ0) is 15.8. The SMILES string of the molecule is CN(C)C(=O)C(/C=C/c1ccccc1)NCc1ccccc1. The van der Waals surface area contributed by atoms with Gasteiger partial charge in [0, 0.05) is 20.6 Å². The van der Waals surface area contributed by atoms with Crippen molar-refractivity contribution in [1.82, 2.24) is 10.2 Å². The number of carbonyl (C=O) groups excluding carboxylic acids is 1. The fourth-order valence-corrected chi connectivity index (χ4v) is 2.11. The van der Waals surface area contributed by atoms with Gasteiger partial charge in [-0.15, -0.1) is 0 Å². The van der Waals surface area contributed by atoms with Crippen molar-refractivity contribution in [1.29, 1.82) is 0 Å². The van der Waals surface area contributed by atoms with Crippen molar-refractivity contribution in [2.75, 3.05) is 14.1 Å². The third-order valence-corrected chi connectivity index (χ3v) is 3.36. The van der Waals surface area contributed by atoms with Crippen molar-refractivity contribution >= 4 is 12.0 Å². The van der Waals surface area contributed by atoms with E-state index >= 15 is 0 Å². The van der Waals surface area contributed by atoms with Gasteiger partial charge in [0.2, 0.25) is 5.91 Å². The lowest BCUT2D eigenvalue weighted by Gasteiger charge is -2.19. The van der Waals surface area contributed by atoms with Crippen LogP contribution in [0.3, 0.4) is 0 Å². The van der Waals surface area contributed by atoms with Crippen molar-refractivity contribution in [2.45, 2.75) is 12.6 Å². The first-order chi connectivity index (χ1) is 10.7. The van der Waals surface area contributed by atoms with Gasteiger partial charge in [-0.2, -0.15) is 0 Å². The summed E-state index contributed by atoms with van der Waals surface area (Å²) in [6.45, 7) is 0.657. The Balaban J connectivity index is 2.06. The maximum Gasteiger partial charge on any atom is 0.243 e. The standard InChI is InChI=1S/C19H22N2O/c1-21(2)19(22)18(14-13-16-9-5-3-6-10-16)20-15-17-11-7-4-8-12-17/h3-14,18,20H,15H2,1-2H3/b14-13+. The summed E-state index contributed by atoms with van der Waals surface area (Å²) in [7, 11) is 3.55. The van der Waals surface area contributed by atoms with Gasteiger partial charge in [0.1, 0.15) is 6.04 Å². The maximum absolute atomic E-state index is 12.3. The predicted molar refractivity (Wildman–Crippen MR) is 91.2 cm³/mol. The second-order valence-electron chi connectivity index (χ2n) is 5.35. The van der Waals surface area contributed by atoms with Gasteiger partial charge in [0.15, 0.2) is 0 Å². The summed E-state index contributed by atoms with van der Waals surface area (Å²) in [5.41, 5.74) is 2.24. The molecule has 0 spiro atoms. The smallest absolute Gasteiger partial charge is 0.243 e. The van der Waals surface area contributed by atoms with E-state index in [2.05, 4.69) is 5.32 Å². The lowest BCUT2D eigenvalue weighted by Crippen LogP contribution is -2.41. The summed E-state index contributed by atoms with van der Waals surface area (Å²) in [6.07, 6.45) is 3.89. The molecule has 0 aliphatic carbocycles. The zero-order valence-electron chi connectivity index (χ0n) is 13.1. The molecule has 1 atom stereocenters. The molecular formula is C19H22N2O. The van der Waals surface area contributed by atoms with E-state index in [1.54, 1.807) is 19.0 Å². The van der Waals surface area contributed by atoms with Crippen molar-refractivity contribution in [2.24, 2.45) is 0 Å². The number of hydrogen-bond acceptors (Lipinski definition) is 2. The molecule has 0 aliphatic rings. The molecule has 2 aromatic rings. The van der Waals surface area contributed by atoms with Crippen molar-refractivity contribution in [3.63, 3.8) is 0 Å². The van der Waals surface area contributed by atoms with E-state index in [4.69, 9.17) is 0 Å². The molecule has 2 rings (SSSR count). The first kappa shape index (κ1) is 16.0. The van der Waals surface area contributed by atoms with Gasteiger partial charge in [-0.05, 0) is 11.1 Å². The average Bonchev–Trinajstić information content (AvgIpc) is 2.56. The van der Waals surface area contributed by atoms with E-state index < -0.39 is 0 Å². The largest absolute Gasteiger partial charge is 0.347 e. The van der Waals surface area contributed by atoms with E-state index in [0.29, 0.717) is 6.54 Å². The molecule has 1 N–H and O–H groups in total. The monoisotopic (exact) mass is 294 g/mol. The van der Waals surface area contributed by atoms with E-state index in [-0.39, 0.29) is 11.9 Å². The first-order valence-electron chi connectivity index (χ1n) is 7.38. The van der Waals surface area contributed by atoms with Crippen LogP contribution in [-0.4, -0.2) is 30.9 Å². The van der Waals surface area contributed by atoms with Crippen LogP contribution in [0.4, 0.5) is 0 Å². The number of amides is 1. The van der Waals surface area contributed by atoms with Gasteiger partial charge in [0.05, 0.1) is 0 Å². The molecule has 1 unspecified atom stereocenters. The van der Waals surface area contributed by atoms with Gasteiger partial charge < -0.3 is 4.90 Å². The Morgan fingerprint density at radius 3 is 2.23 bits per heavy atom. The highest BCUT2D eigenvalue weighted by Gasteiger charge is 2.16. The molecule has 114 valence electrons. The van der Waals surface area contributed by atoms with Crippen molar-refractivity contribution in [3.05, 3.63) is 77.9 Å². The second kappa shape index (κ2) is 8.15. The average molecular weight is 294 g/mol. The lowest BCUT2D eigenvalue weighted by molar-refractivity contribution is -0.129.